The van der Waals surface area contributed by atoms with Gasteiger partial charge in [-0.2, -0.15) is 9.98 Å². The quantitative estimate of drug-likeness (QED) is 0.525. The number of benzene rings is 1. The lowest BCUT2D eigenvalue weighted by atomic mass is 10.4. The average molecular weight is 188 g/mol. The van der Waals surface area contributed by atoms with E-state index in [1.54, 1.807) is 0 Å². The maximum absolute atomic E-state index is 9.28. The molecule has 70 valence electrons. The van der Waals surface area contributed by atoms with Crippen LogP contribution in [-0.2, 0) is 9.59 Å². The van der Waals surface area contributed by atoms with Crippen molar-refractivity contribution in [3.8, 4) is 0 Å². The second-order valence-electron chi connectivity index (χ2n) is 1.89. The summed E-state index contributed by atoms with van der Waals surface area (Å²) in [4.78, 5) is 24.5. The highest BCUT2D eigenvalue weighted by Crippen LogP contribution is 1.79. The Labute approximate surface area is 81.3 Å². The molecule has 0 aromatic heterocycles. The van der Waals surface area contributed by atoms with Gasteiger partial charge in [-0.3, -0.25) is 0 Å². The van der Waals surface area contributed by atoms with Crippen LogP contribution in [0.5, 0.6) is 0 Å². The van der Waals surface area contributed by atoms with Crippen LogP contribution in [0.3, 0.4) is 0 Å². The lowest BCUT2D eigenvalue weighted by Gasteiger charge is -1.69. The third-order valence-corrected chi connectivity index (χ3v) is 0.988. The lowest BCUT2D eigenvalue weighted by molar-refractivity contribution is 0.564. The summed E-state index contributed by atoms with van der Waals surface area (Å²) in [7, 11) is 0. The van der Waals surface area contributed by atoms with Gasteiger partial charge < -0.3 is 0 Å². The molecule has 1 aromatic rings. The van der Waals surface area contributed by atoms with E-state index in [4.69, 9.17) is 0 Å². The Hall–Kier alpha value is -2.28. The molecule has 0 bridgehead atoms. The van der Waals surface area contributed by atoms with Gasteiger partial charge in [-0.05, 0) is 0 Å². The molecule has 0 heterocycles. The molecule has 0 fully saturated rings. The molecule has 0 radical (unpaired) electrons. The zero-order chi connectivity index (χ0) is 10.5. The van der Waals surface area contributed by atoms with Crippen LogP contribution < -0.4 is 0 Å². The summed E-state index contributed by atoms with van der Waals surface area (Å²) in [6.45, 7) is 0. The minimum atomic E-state index is 1.04. The maximum atomic E-state index is 9.28. The summed E-state index contributed by atoms with van der Waals surface area (Å²) in [5.74, 6) is 0. The van der Waals surface area contributed by atoms with E-state index in [1.807, 2.05) is 36.4 Å². The highest BCUT2D eigenvalue weighted by molar-refractivity contribution is 5.36. The van der Waals surface area contributed by atoms with Gasteiger partial charge in [0.2, 0.25) is 12.2 Å². The number of aliphatic imine (C=N–C) groups is 2. The van der Waals surface area contributed by atoms with E-state index in [0.717, 1.165) is 12.4 Å². The van der Waals surface area contributed by atoms with Crippen molar-refractivity contribution in [3.63, 3.8) is 0 Å². The molecule has 1 aromatic carbocycles. The Balaban J connectivity index is 0.000000249. The minimum absolute atomic E-state index is 1.04. The van der Waals surface area contributed by atoms with E-state index in [2.05, 4.69) is 9.98 Å². The van der Waals surface area contributed by atoms with Crippen molar-refractivity contribution in [1.29, 1.82) is 0 Å². The molecule has 1 rings (SSSR count). The monoisotopic (exact) mass is 188 g/mol. The van der Waals surface area contributed by atoms with Crippen LogP contribution >= 0.6 is 0 Å². The summed E-state index contributed by atoms with van der Waals surface area (Å²) >= 11 is 0. The highest BCUT2D eigenvalue weighted by Gasteiger charge is 1.58. The first-order valence-electron chi connectivity index (χ1n) is 3.71. The summed E-state index contributed by atoms with van der Waals surface area (Å²) in [5, 5.41) is 0. The van der Waals surface area contributed by atoms with Crippen LogP contribution in [-0.4, -0.2) is 12.2 Å². The van der Waals surface area contributed by atoms with Gasteiger partial charge in [0, 0.05) is 0 Å². The number of rotatable bonds is 2. The molecule has 0 aliphatic carbocycles. The minimum Gasteiger partial charge on any atom is -0.211 e. The van der Waals surface area contributed by atoms with Gasteiger partial charge >= 0.3 is 0 Å². The van der Waals surface area contributed by atoms with Gasteiger partial charge in [0.25, 0.3) is 0 Å². The third-order valence-electron chi connectivity index (χ3n) is 0.988. The van der Waals surface area contributed by atoms with Crippen molar-refractivity contribution in [1.82, 2.24) is 0 Å². The first kappa shape index (κ1) is 11.7. The third kappa shape index (κ3) is 9.72. The molecule has 0 aliphatic rings. The molecule has 4 nitrogen and oxygen atoms in total. The largest absolute Gasteiger partial charge is 0.239 e. The van der Waals surface area contributed by atoms with Gasteiger partial charge in [-0.15, -0.1) is 0 Å². The highest BCUT2D eigenvalue weighted by atomic mass is 16.1. The Bertz CT molecular complexity index is 301. The van der Waals surface area contributed by atoms with E-state index in [-0.39, 0.29) is 0 Å². The molecule has 14 heavy (non-hydrogen) atoms. The number of nitrogens with zero attached hydrogens (tertiary/aromatic N) is 2. The molecule has 0 saturated carbocycles. The van der Waals surface area contributed by atoms with E-state index in [1.165, 1.54) is 12.2 Å². The first-order chi connectivity index (χ1) is 6.91. The molecular formula is C10H8N2O2. The van der Waals surface area contributed by atoms with Crippen LogP contribution in [0.15, 0.2) is 58.8 Å². The Morgan fingerprint density at radius 3 is 1.21 bits per heavy atom. The topological polar surface area (TPSA) is 58.9 Å². The zero-order valence-corrected chi connectivity index (χ0v) is 7.33. The van der Waals surface area contributed by atoms with Crippen LogP contribution in [0, 0.1) is 0 Å². The molecular weight excluding hydrogens is 180 g/mol. The maximum Gasteiger partial charge on any atom is 0.239 e. The zero-order valence-electron chi connectivity index (χ0n) is 7.33. The van der Waals surface area contributed by atoms with Crippen molar-refractivity contribution in [3.05, 3.63) is 48.8 Å². The molecule has 0 aliphatic heterocycles. The van der Waals surface area contributed by atoms with Crippen LogP contribution in [0.1, 0.15) is 0 Å². The van der Waals surface area contributed by atoms with Gasteiger partial charge in [0.05, 0.1) is 12.4 Å². The van der Waals surface area contributed by atoms with E-state index >= 15 is 0 Å². The second kappa shape index (κ2) is 10.7. The molecule has 0 N–H and O–H groups in total. The summed E-state index contributed by atoms with van der Waals surface area (Å²) in [6, 6.07) is 12.0. The smallest absolute Gasteiger partial charge is 0.211 e. The van der Waals surface area contributed by atoms with Crippen molar-refractivity contribution in [2.45, 2.75) is 0 Å². The Morgan fingerprint density at radius 1 is 0.714 bits per heavy atom. The normalized spacial score (nSPS) is 7.71. The summed E-state index contributed by atoms with van der Waals surface area (Å²) in [6.07, 6.45) is 4.53. The fourth-order valence-electron chi connectivity index (χ4n) is 0.512. The molecule has 0 saturated heterocycles. The fourth-order valence-corrected chi connectivity index (χ4v) is 0.512. The fraction of sp³-hybridized carbons (Fsp3) is 0. The van der Waals surface area contributed by atoms with Crippen molar-refractivity contribution >= 4 is 12.2 Å². The number of isocyanates is 2. The summed E-state index contributed by atoms with van der Waals surface area (Å²) < 4.78 is 0. The van der Waals surface area contributed by atoms with Gasteiger partial charge in [0.15, 0.2) is 0 Å². The molecule has 4 heteroatoms. The van der Waals surface area contributed by atoms with Crippen molar-refractivity contribution < 1.29 is 9.59 Å². The van der Waals surface area contributed by atoms with Crippen LogP contribution in [0.2, 0.25) is 0 Å². The average Bonchev–Trinajstić information content (AvgIpc) is 2.28. The van der Waals surface area contributed by atoms with E-state index < -0.39 is 0 Å². The first-order valence-corrected chi connectivity index (χ1v) is 3.71. The Kier molecular flexibility index (Phi) is 8.97. The van der Waals surface area contributed by atoms with Crippen LogP contribution in [0.25, 0.3) is 0 Å². The molecule has 0 amide bonds. The van der Waals surface area contributed by atoms with Gasteiger partial charge in [0.1, 0.15) is 0 Å². The number of hydrogen-bond acceptors (Lipinski definition) is 4. The molecule has 0 spiro atoms. The number of carbonyl (C=O) groups excluding carboxylic acids is 2. The Morgan fingerprint density at radius 2 is 1.00 bits per heavy atom. The molecule has 0 unspecified atom stereocenters. The predicted molar refractivity (Wildman–Crippen MR) is 51.8 cm³/mol. The second-order valence-corrected chi connectivity index (χ2v) is 1.89. The number of hydrogen-bond donors (Lipinski definition) is 0. The van der Waals surface area contributed by atoms with Gasteiger partial charge in [-0.25, -0.2) is 9.59 Å². The predicted octanol–water partition coefficient (Wildman–Crippen LogP) is 1.82. The molecule has 0 atom stereocenters. The van der Waals surface area contributed by atoms with E-state index in [0.29, 0.717) is 0 Å². The van der Waals surface area contributed by atoms with Crippen molar-refractivity contribution in [2.24, 2.45) is 9.98 Å². The lowest BCUT2D eigenvalue weighted by Crippen LogP contribution is -1.48. The summed E-state index contributed by atoms with van der Waals surface area (Å²) in [5.41, 5.74) is 0. The standard InChI is InChI=1S/C6H6.C4H2N2O2/c1-2-4-6-5-3-1;7-3-5-1-2-6-4-8/h1-6H;1-2H. The SMILES string of the molecule is O=C=NC=CN=C=O.c1ccccc1. The van der Waals surface area contributed by atoms with Crippen LogP contribution in [0.4, 0.5) is 0 Å². The van der Waals surface area contributed by atoms with Gasteiger partial charge in [-0.1, -0.05) is 36.4 Å². The van der Waals surface area contributed by atoms with E-state index in [9.17, 15) is 9.59 Å². The van der Waals surface area contributed by atoms with Crippen molar-refractivity contribution in [2.75, 3.05) is 0 Å².